The van der Waals surface area contributed by atoms with Crippen molar-refractivity contribution in [3.8, 4) is 0 Å². The van der Waals surface area contributed by atoms with Crippen LogP contribution in [0, 0.1) is 5.92 Å². The number of thiol groups is 1. The van der Waals surface area contributed by atoms with Crippen LogP contribution in [0.1, 0.15) is 36.5 Å². The van der Waals surface area contributed by atoms with E-state index in [1.165, 1.54) is 5.56 Å². The molecule has 0 spiro atoms. The van der Waals surface area contributed by atoms with Gasteiger partial charge in [-0.1, -0.05) is 6.07 Å². The van der Waals surface area contributed by atoms with Crippen LogP contribution in [0.5, 0.6) is 0 Å². The fourth-order valence-electron chi connectivity index (χ4n) is 3.08. The number of anilines is 1. The zero-order valence-electron chi connectivity index (χ0n) is 10.9. The lowest BCUT2D eigenvalue weighted by atomic mass is 9.89. The Morgan fingerprint density at radius 1 is 1.42 bits per heavy atom. The maximum atomic E-state index is 12.0. The summed E-state index contributed by atoms with van der Waals surface area (Å²) in [5.74, 6) is 1.26. The van der Waals surface area contributed by atoms with E-state index in [0.29, 0.717) is 12.3 Å². The summed E-state index contributed by atoms with van der Waals surface area (Å²) < 4.78 is 0. The van der Waals surface area contributed by atoms with Crippen molar-refractivity contribution in [1.82, 2.24) is 0 Å². The molecule has 19 heavy (non-hydrogen) atoms. The van der Waals surface area contributed by atoms with E-state index in [4.69, 9.17) is 0 Å². The Balaban J connectivity index is 1.90. The molecule has 2 aliphatic rings. The average Bonchev–Trinajstić information content (AvgIpc) is 2.80. The molecule has 1 fully saturated rings. The van der Waals surface area contributed by atoms with Crippen molar-refractivity contribution in [3.63, 3.8) is 0 Å². The van der Waals surface area contributed by atoms with Crippen LogP contribution in [0.3, 0.4) is 0 Å². The van der Waals surface area contributed by atoms with Crippen LogP contribution in [0.4, 0.5) is 5.69 Å². The van der Waals surface area contributed by atoms with Gasteiger partial charge in [-0.2, -0.15) is 12.6 Å². The maximum Gasteiger partial charge on any atom is 0.227 e. The molecule has 0 aromatic heterocycles. The summed E-state index contributed by atoms with van der Waals surface area (Å²) in [6, 6.07) is 6.07. The number of benzene rings is 1. The zero-order valence-corrected chi connectivity index (χ0v) is 11.8. The molecule has 0 saturated carbocycles. The summed E-state index contributed by atoms with van der Waals surface area (Å²) >= 11 is 4.28. The Morgan fingerprint density at radius 3 is 3.00 bits per heavy atom. The topological polar surface area (TPSA) is 40.5 Å². The van der Waals surface area contributed by atoms with Gasteiger partial charge in [-0.25, -0.2) is 0 Å². The highest BCUT2D eigenvalue weighted by molar-refractivity contribution is 7.80. The zero-order chi connectivity index (χ0) is 13.4. The minimum Gasteiger partial charge on any atom is -0.388 e. The lowest BCUT2D eigenvalue weighted by molar-refractivity contribution is -0.117. The number of rotatable bonds is 2. The summed E-state index contributed by atoms with van der Waals surface area (Å²) in [5.41, 5.74) is 3.15. The highest BCUT2D eigenvalue weighted by Crippen LogP contribution is 2.34. The number of aliphatic hydroxyl groups excluding tert-OH is 1. The number of hydrogen-bond acceptors (Lipinski definition) is 3. The Hall–Kier alpha value is -1.00. The highest BCUT2D eigenvalue weighted by atomic mass is 32.1. The number of aryl methyl sites for hydroxylation is 1. The maximum absolute atomic E-state index is 12.0. The summed E-state index contributed by atoms with van der Waals surface area (Å²) in [6.45, 7) is 0.747. The molecule has 2 unspecified atom stereocenters. The average molecular weight is 277 g/mol. The van der Waals surface area contributed by atoms with Gasteiger partial charge in [-0.15, -0.1) is 0 Å². The van der Waals surface area contributed by atoms with Crippen molar-refractivity contribution in [2.24, 2.45) is 5.92 Å². The van der Waals surface area contributed by atoms with Crippen molar-refractivity contribution >= 4 is 24.2 Å². The molecule has 1 N–H and O–H groups in total. The van der Waals surface area contributed by atoms with Crippen molar-refractivity contribution in [1.29, 1.82) is 0 Å². The normalized spacial score (nSPS) is 26.6. The minimum absolute atomic E-state index is 0.171. The quantitative estimate of drug-likeness (QED) is 0.815. The molecular formula is C15H19NO2S. The van der Waals surface area contributed by atoms with Gasteiger partial charge in [0.05, 0.1) is 6.10 Å². The molecule has 3 rings (SSSR count). The third kappa shape index (κ3) is 2.39. The van der Waals surface area contributed by atoms with E-state index in [9.17, 15) is 9.90 Å². The first-order valence-corrected chi connectivity index (χ1v) is 7.54. The summed E-state index contributed by atoms with van der Waals surface area (Å²) in [5, 5.41) is 10.1. The van der Waals surface area contributed by atoms with Gasteiger partial charge in [0.1, 0.15) is 0 Å². The van der Waals surface area contributed by atoms with Crippen LogP contribution in [0.2, 0.25) is 0 Å². The van der Waals surface area contributed by atoms with Crippen molar-refractivity contribution < 1.29 is 9.90 Å². The Kier molecular flexibility index (Phi) is 3.54. The SMILES string of the molecule is O=C1CC(CS)CN1c1ccc2c(c1)C(O)CCC2. The molecule has 1 aliphatic carbocycles. The second-order valence-corrected chi connectivity index (χ2v) is 5.91. The molecule has 1 saturated heterocycles. The summed E-state index contributed by atoms with van der Waals surface area (Å²) in [6.07, 6.45) is 3.10. The third-order valence-electron chi connectivity index (χ3n) is 4.19. The fourth-order valence-corrected chi connectivity index (χ4v) is 3.33. The molecule has 102 valence electrons. The number of carbonyl (C=O) groups is 1. The van der Waals surface area contributed by atoms with Gasteiger partial charge in [-0.05, 0) is 54.2 Å². The monoisotopic (exact) mass is 277 g/mol. The molecule has 1 aromatic carbocycles. The van der Waals surface area contributed by atoms with Crippen LogP contribution < -0.4 is 4.90 Å². The van der Waals surface area contributed by atoms with E-state index in [1.54, 1.807) is 0 Å². The van der Waals surface area contributed by atoms with E-state index in [2.05, 4.69) is 18.7 Å². The fraction of sp³-hybridized carbons (Fsp3) is 0.533. The van der Waals surface area contributed by atoms with Gasteiger partial charge in [0, 0.05) is 18.7 Å². The van der Waals surface area contributed by atoms with Crippen LogP contribution in [-0.4, -0.2) is 23.3 Å². The third-order valence-corrected chi connectivity index (χ3v) is 4.70. The van der Waals surface area contributed by atoms with Crippen LogP contribution >= 0.6 is 12.6 Å². The lowest BCUT2D eigenvalue weighted by Gasteiger charge is -2.24. The second kappa shape index (κ2) is 5.17. The van der Waals surface area contributed by atoms with Crippen LogP contribution in [0.25, 0.3) is 0 Å². The Bertz CT molecular complexity index is 503. The predicted molar refractivity (Wildman–Crippen MR) is 78.7 cm³/mol. The van der Waals surface area contributed by atoms with Crippen molar-refractivity contribution in [3.05, 3.63) is 29.3 Å². The van der Waals surface area contributed by atoms with E-state index < -0.39 is 0 Å². The highest BCUT2D eigenvalue weighted by Gasteiger charge is 2.30. The molecule has 4 heteroatoms. The molecule has 2 atom stereocenters. The van der Waals surface area contributed by atoms with Crippen molar-refractivity contribution in [2.75, 3.05) is 17.2 Å². The largest absolute Gasteiger partial charge is 0.388 e. The standard InChI is InChI=1S/C15H19NO2S/c17-14-3-1-2-11-4-5-12(7-13(11)14)16-8-10(9-19)6-15(16)18/h4-5,7,10,14,17,19H,1-3,6,8-9H2. The minimum atomic E-state index is -0.373. The molecule has 3 nitrogen and oxygen atoms in total. The summed E-state index contributed by atoms with van der Waals surface area (Å²) in [7, 11) is 0. The van der Waals surface area contributed by atoms with Crippen molar-refractivity contribution in [2.45, 2.75) is 31.8 Å². The molecular weight excluding hydrogens is 258 g/mol. The predicted octanol–water partition coefficient (Wildman–Crippen LogP) is 2.34. The number of amides is 1. The van der Waals surface area contributed by atoms with E-state index in [-0.39, 0.29) is 12.0 Å². The first-order chi connectivity index (χ1) is 9.19. The number of carbonyl (C=O) groups excluding carboxylic acids is 1. The number of nitrogens with zero attached hydrogens (tertiary/aromatic N) is 1. The van der Waals surface area contributed by atoms with E-state index in [1.807, 2.05) is 17.0 Å². The van der Waals surface area contributed by atoms with Gasteiger partial charge in [0.25, 0.3) is 0 Å². The molecule has 1 aliphatic heterocycles. The molecule has 1 amide bonds. The molecule has 0 bridgehead atoms. The van der Waals surface area contributed by atoms with E-state index >= 15 is 0 Å². The molecule has 1 aromatic rings. The van der Waals surface area contributed by atoms with Gasteiger partial charge in [0.15, 0.2) is 0 Å². The smallest absolute Gasteiger partial charge is 0.227 e. The van der Waals surface area contributed by atoms with Gasteiger partial charge < -0.3 is 10.0 Å². The van der Waals surface area contributed by atoms with Crippen LogP contribution in [-0.2, 0) is 11.2 Å². The van der Waals surface area contributed by atoms with Gasteiger partial charge in [0.2, 0.25) is 5.91 Å². The Morgan fingerprint density at radius 2 is 2.26 bits per heavy atom. The first kappa shape index (κ1) is 13.0. The number of fused-ring (bicyclic) bond motifs is 1. The van der Waals surface area contributed by atoms with E-state index in [0.717, 1.165) is 42.8 Å². The van der Waals surface area contributed by atoms with Gasteiger partial charge in [-0.3, -0.25) is 4.79 Å². The molecule has 1 heterocycles. The number of hydrogen-bond donors (Lipinski definition) is 2. The first-order valence-electron chi connectivity index (χ1n) is 6.91. The summed E-state index contributed by atoms with van der Waals surface area (Å²) in [4.78, 5) is 13.9. The van der Waals surface area contributed by atoms with Gasteiger partial charge >= 0.3 is 0 Å². The van der Waals surface area contributed by atoms with Crippen LogP contribution in [0.15, 0.2) is 18.2 Å². The Labute approximate surface area is 119 Å². The lowest BCUT2D eigenvalue weighted by Crippen LogP contribution is -2.25. The number of aliphatic hydroxyl groups is 1. The molecule has 0 radical (unpaired) electrons. The second-order valence-electron chi connectivity index (χ2n) is 5.55.